The van der Waals surface area contributed by atoms with Crippen LogP contribution in [0.25, 0.3) is 0 Å². The minimum absolute atomic E-state index is 0.580. The summed E-state index contributed by atoms with van der Waals surface area (Å²) in [5.41, 5.74) is 4.76. The van der Waals surface area contributed by atoms with Gasteiger partial charge in [-0.15, -0.1) is 0 Å². The average Bonchev–Trinajstić information content (AvgIpc) is 3.35. The van der Waals surface area contributed by atoms with Crippen LogP contribution in [0.2, 0.25) is 0 Å². The van der Waals surface area contributed by atoms with Crippen molar-refractivity contribution in [2.75, 3.05) is 0 Å². The molecular weight excluding hydrogens is 504 g/mol. The molecule has 0 aromatic heterocycles. The van der Waals surface area contributed by atoms with Crippen molar-refractivity contribution < 1.29 is 0 Å². The number of rotatable bonds is 6. The molecule has 8 atom stereocenters. The molecule has 4 aliphatic rings. The zero-order valence-corrected chi connectivity index (χ0v) is 30.6. The van der Waals surface area contributed by atoms with Gasteiger partial charge >= 0.3 is 0 Å². The van der Waals surface area contributed by atoms with Gasteiger partial charge in [-0.05, 0) is 142 Å². The maximum atomic E-state index is 2.75. The average molecular weight is 579 g/mol. The van der Waals surface area contributed by atoms with Crippen LogP contribution in [-0.2, 0) is 6.42 Å². The molecule has 0 bridgehead atoms. The van der Waals surface area contributed by atoms with Gasteiger partial charge in [0.15, 0.2) is 0 Å². The molecule has 42 heavy (non-hydrogen) atoms. The van der Waals surface area contributed by atoms with E-state index in [0.717, 1.165) is 41.9 Å². The van der Waals surface area contributed by atoms with Crippen molar-refractivity contribution in [2.45, 2.75) is 167 Å². The van der Waals surface area contributed by atoms with Crippen LogP contribution < -0.4 is 0 Å². The summed E-state index contributed by atoms with van der Waals surface area (Å²) in [5, 5.41) is 0. The SMILES string of the molecule is CC.CC.CC(C)=CCCCC(C)C1CCC2C3CCC4C(C)(C)CCCC4(C)C3CCC12C.CCc1ccccc1. The van der Waals surface area contributed by atoms with Crippen LogP contribution in [-0.4, -0.2) is 0 Å². The molecule has 0 amide bonds. The Balaban J connectivity index is 0.000000435. The van der Waals surface area contributed by atoms with E-state index in [-0.39, 0.29) is 0 Å². The summed E-state index contributed by atoms with van der Waals surface area (Å²) in [6.07, 6.45) is 21.4. The van der Waals surface area contributed by atoms with Gasteiger partial charge in [0, 0.05) is 0 Å². The van der Waals surface area contributed by atoms with Crippen LogP contribution in [0, 0.1) is 51.8 Å². The first-order valence-corrected chi connectivity index (χ1v) is 18.7. The van der Waals surface area contributed by atoms with Crippen LogP contribution >= 0.6 is 0 Å². The molecule has 4 aliphatic carbocycles. The van der Waals surface area contributed by atoms with Crippen molar-refractivity contribution in [1.29, 1.82) is 0 Å². The maximum Gasteiger partial charge on any atom is -0.0261 e. The van der Waals surface area contributed by atoms with Gasteiger partial charge in [0.2, 0.25) is 0 Å². The fourth-order valence-corrected chi connectivity index (χ4v) is 10.9. The second-order valence-electron chi connectivity index (χ2n) is 15.6. The predicted molar refractivity (Wildman–Crippen MR) is 190 cm³/mol. The third-order valence-corrected chi connectivity index (χ3v) is 12.8. The topological polar surface area (TPSA) is 0 Å². The van der Waals surface area contributed by atoms with Gasteiger partial charge in [-0.3, -0.25) is 0 Å². The molecule has 8 unspecified atom stereocenters. The predicted octanol–water partition coefficient (Wildman–Crippen LogP) is 13.7. The molecule has 0 nitrogen and oxygen atoms in total. The van der Waals surface area contributed by atoms with Crippen molar-refractivity contribution in [3.8, 4) is 0 Å². The number of unbranched alkanes of at least 4 members (excludes halogenated alkanes) is 1. The lowest BCUT2D eigenvalue weighted by atomic mass is 9.41. The molecule has 5 rings (SSSR count). The highest BCUT2D eigenvalue weighted by atomic mass is 14.7. The van der Waals surface area contributed by atoms with Gasteiger partial charge in [0.05, 0.1) is 0 Å². The number of benzene rings is 1. The molecular formula is C42H74. The first-order chi connectivity index (χ1) is 20.0. The molecule has 242 valence electrons. The summed E-state index contributed by atoms with van der Waals surface area (Å²) in [4.78, 5) is 0. The highest BCUT2D eigenvalue weighted by Crippen LogP contribution is 2.70. The second kappa shape index (κ2) is 16.9. The van der Waals surface area contributed by atoms with Crippen LogP contribution in [0.1, 0.15) is 166 Å². The molecule has 0 spiro atoms. The summed E-state index contributed by atoms with van der Waals surface area (Å²) in [6.45, 7) is 28.0. The summed E-state index contributed by atoms with van der Waals surface area (Å²) < 4.78 is 0. The molecule has 0 heteroatoms. The first kappa shape index (κ1) is 37.1. The Morgan fingerprint density at radius 3 is 2.05 bits per heavy atom. The molecule has 0 saturated heterocycles. The van der Waals surface area contributed by atoms with Crippen LogP contribution in [0.3, 0.4) is 0 Å². The summed E-state index contributed by atoms with van der Waals surface area (Å²) >= 11 is 0. The van der Waals surface area contributed by atoms with E-state index in [0.29, 0.717) is 16.2 Å². The lowest BCUT2D eigenvalue weighted by Gasteiger charge is -2.64. The number of fused-ring (bicyclic) bond motifs is 5. The Morgan fingerprint density at radius 1 is 0.810 bits per heavy atom. The van der Waals surface area contributed by atoms with Gasteiger partial charge in [-0.2, -0.15) is 0 Å². The van der Waals surface area contributed by atoms with Crippen LogP contribution in [0.15, 0.2) is 42.0 Å². The monoisotopic (exact) mass is 579 g/mol. The molecule has 0 N–H and O–H groups in total. The fraction of sp³-hybridized carbons (Fsp3) is 0.810. The molecule has 4 fully saturated rings. The Morgan fingerprint density at radius 2 is 1.45 bits per heavy atom. The second-order valence-corrected chi connectivity index (χ2v) is 15.6. The molecule has 0 aliphatic heterocycles. The molecule has 0 radical (unpaired) electrons. The zero-order chi connectivity index (χ0) is 31.6. The maximum absolute atomic E-state index is 2.75. The molecule has 0 heterocycles. The van der Waals surface area contributed by atoms with Crippen molar-refractivity contribution in [2.24, 2.45) is 51.8 Å². The van der Waals surface area contributed by atoms with Crippen molar-refractivity contribution >= 4 is 0 Å². The summed E-state index contributed by atoms with van der Waals surface area (Å²) in [7, 11) is 0. The van der Waals surface area contributed by atoms with Crippen molar-refractivity contribution in [3.63, 3.8) is 0 Å². The highest BCUT2D eigenvalue weighted by molar-refractivity contribution is 5.14. The van der Waals surface area contributed by atoms with Crippen molar-refractivity contribution in [1.82, 2.24) is 0 Å². The van der Waals surface area contributed by atoms with E-state index in [2.05, 4.69) is 85.7 Å². The van der Waals surface area contributed by atoms with Crippen LogP contribution in [0.5, 0.6) is 0 Å². The van der Waals surface area contributed by atoms with Gasteiger partial charge < -0.3 is 0 Å². The Kier molecular flexibility index (Phi) is 14.9. The van der Waals surface area contributed by atoms with Crippen LogP contribution in [0.4, 0.5) is 0 Å². The van der Waals surface area contributed by atoms with Crippen molar-refractivity contribution in [3.05, 3.63) is 47.5 Å². The van der Waals surface area contributed by atoms with Gasteiger partial charge in [0.1, 0.15) is 0 Å². The number of allylic oxidation sites excluding steroid dienone is 2. The van der Waals surface area contributed by atoms with E-state index in [1.165, 1.54) is 68.9 Å². The first-order valence-electron chi connectivity index (χ1n) is 18.7. The number of hydrogen-bond donors (Lipinski definition) is 0. The Hall–Kier alpha value is -1.04. The van der Waals surface area contributed by atoms with Gasteiger partial charge in [-0.1, -0.05) is 124 Å². The largest absolute Gasteiger partial charge is 0.0859 e. The van der Waals surface area contributed by atoms with Gasteiger partial charge in [-0.25, -0.2) is 0 Å². The third-order valence-electron chi connectivity index (χ3n) is 12.8. The lowest BCUT2D eigenvalue weighted by molar-refractivity contribution is -0.147. The van der Waals surface area contributed by atoms with Gasteiger partial charge in [0.25, 0.3) is 0 Å². The summed E-state index contributed by atoms with van der Waals surface area (Å²) in [5.74, 6) is 5.99. The molecule has 4 saturated carbocycles. The highest BCUT2D eigenvalue weighted by Gasteiger charge is 2.62. The van der Waals surface area contributed by atoms with E-state index in [4.69, 9.17) is 0 Å². The third kappa shape index (κ3) is 8.36. The lowest BCUT2D eigenvalue weighted by Crippen LogP contribution is -2.56. The van der Waals surface area contributed by atoms with E-state index in [1.54, 1.807) is 19.3 Å². The fourth-order valence-electron chi connectivity index (χ4n) is 10.9. The molecule has 1 aromatic rings. The Labute approximate surface area is 265 Å². The minimum Gasteiger partial charge on any atom is -0.0859 e. The van der Waals surface area contributed by atoms with E-state index >= 15 is 0 Å². The van der Waals surface area contributed by atoms with E-state index in [1.807, 2.05) is 33.8 Å². The molecule has 1 aromatic carbocycles. The Bertz CT molecular complexity index is 903. The van der Waals surface area contributed by atoms with E-state index in [9.17, 15) is 0 Å². The number of aryl methyl sites for hydroxylation is 1. The van der Waals surface area contributed by atoms with E-state index < -0.39 is 0 Å². The minimum atomic E-state index is 0.580. The number of hydrogen-bond acceptors (Lipinski definition) is 0. The zero-order valence-electron chi connectivity index (χ0n) is 30.6. The summed E-state index contributed by atoms with van der Waals surface area (Å²) in [6, 6.07) is 10.5. The standard InChI is InChI=1S/C30H52.C8H10.2C2H6/c1-21(2)11-8-9-12-22(3)24-14-15-25-23-13-16-27-28(4,5)18-10-19-30(27,7)26(23)17-20-29(24,25)6;1-2-8-6-4-3-5-7-8;2*1-2/h11,22-27H,8-10,12-20H2,1-7H3;3-7H,2H2,1H3;2*1-2H3. The normalized spacial score (nSPS) is 34.7. The smallest absolute Gasteiger partial charge is 0.0261 e. The quantitative estimate of drug-likeness (QED) is 0.233.